The first-order valence-electron chi connectivity index (χ1n) is 6.44. The van der Waals surface area contributed by atoms with Gasteiger partial charge in [-0.3, -0.25) is 4.79 Å². The predicted molar refractivity (Wildman–Crippen MR) is 92.4 cm³/mol. The highest BCUT2D eigenvalue weighted by Crippen LogP contribution is 2.34. The summed E-state index contributed by atoms with van der Waals surface area (Å²) >= 11 is 18.3. The van der Waals surface area contributed by atoms with Crippen LogP contribution < -0.4 is 5.56 Å². The lowest BCUT2D eigenvalue weighted by molar-refractivity contribution is 0.597. The molecule has 0 fully saturated rings. The van der Waals surface area contributed by atoms with Crippen LogP contribution in [0.25, 0.3) is 16.7 Å². The predicted octanol–water partition coefficient (Wildman–Crippen LogP) is 2.78. The summed E-state index contributed by atoms with van der Waals surface area (Å²) in [6.45, 7) is 1.56. The molecule has 0 aliphatic carbocycles. The van der Waals surface area contributed by atoms with Gasteiger partial charge in [0.1, 0.15) is 16.9 Å². The second-order valence-corrected chi connectivity index (χ2v) is 8.24. The zero-order chi connectivity index (χ0) is 17.8. The average molecular weight is 408 g/mol. The highest BCUT2D eigenvalue weighted by Gasteiger charge is 2.25. The minimum absolute atomic E-state index is 0.0304. The summed E-state index contributed by atoms with van der Waals surface area (Å²) in [5.41, 5.74) is -0.409. The lowest BCUT2D eigenvalue weighted by Crippen LogP contribution is -2.12. The van der Waals surface area contributed by atoms with E-state index in [2.05, 4.69) is 15.1 Å². The van der Waals surface area contributed by atoms with Crippen LogP contribution in [0.5, 0.6) is 0 Å². The Morgan fingerprint density at radius 3 is 2.29 bits per heavy atom. The molecule has 126 valence electrons. The molecule has 2 aromatic heterocycles. The van der Waals surface area contributed by atoms with Crippen LogP contribution >= 0.6 is 34.8 Å². The van der Waals surface area contributed by atoms with Crippen LogP contribution in [-0.2, 0) is 9.84 Å². The number of aromatic nitrogens is 4. The first kappa shape index (κ1) is 17.2. The van der Waals surface area contributed by atoms with Crippen molar-refractivity contribution >= 4 is 55.7 Å². The fraction of sp³-hybridized carbons (Fsp3) is 0.154. The van der Waals surface area contributed by atoms with Crippen molar-refractivity contribution in [2.75, 3.05) is 6.26 Å². The summed E-state index contributed by atoms with van der Waals surface area (Å²) in [6, 6.07) is 2.86. The summed E-state index contributed by atoms with van der Waals surface area (Å²) in [5.74, 6) is 0.287. The normalized spacial score (nSPS) is 12.0. The van der Waals surface area contributed by atoms with Crippen LogP contribution in [0.15, 0.2) is 22.0 Å². The maximum absolute atomic E-state index is 12.2. The Morgan fingerprint density at radius 2 is 1.75 bits per heavy atom. The first-order valence-corrected chi connectivity index (χ1v) is 9.46. The Hall–Kier alpha value is -1.61. The van der Waals surface area contributed by atoms with E-state index in [0.717, 1.165) is 10.9 Å². The molecule has 1 aromatic carbocycles. The molecule has 3 aromatic rings. The molecule has 0 atom stereocenters. The SMILES string of the molecule is Cc1nc2c(c(S(C)(=O)=O)nn2-c2c(Cl)cc(Cl)cc2Cl)c(=O)[nH]1. The number of sulfone groups is 1. The average Bonchev–Trinajstić information content (AvgIpc) is 2.77. The summed E-state index contributed by atoms with van der Waals surface area (Å²) in [6.07, 6.45) is 0.948. The molecule has 0 saturated heterocycles. The number of H-pyrrole nitrogens is 1. The Balaban J connectivity index is 2.54. The van der Waals surface area contributed by atoms with Crippen molar-refractivity contribution in [3.63, 3.8) is 0 Å². The molecule has 24 heavy (non-hydrogen) atoms. The number of hydrogen-bond donors (Lipinski definition) is 1. The van der Waals surface area contributed by atoms with E-state index in [0.29, 0.717) is 5.02 Å². The van der Waals surface area contributed by atoms with Gasteiger partial charge in [0.2, 0.25) is 0 Å². The van der Waals surface area contributed by atoms with Crippen LogP contribution in [0.1, 0.15) is 5.82 Å². The maximum Gasteiger partial charge on any atom is 0.263 e. The third-order valence-corrected chi connectivity index (χ3v) is 4.95. The van der Waals surface area contributed by atoms with Crippen molar-refractivity contribution in [2.45, 2.75) is 11.9 Å². The van der Waals surface area contributed by atoms with E-state index >= 15 is 0 Å². The molecule has 3 rings (SSSR count). The number of nitrogens with zero attached hydrogens (tertiary/aromatic N) is 3. The quantitative estimate of drug-likeness (QED) is 0.704. The monoisotopic (exact) mass is 406 g/mol. The fourth-order valence-corrected chi connectivity index (χ4v) is 4.02. The molecule has 0 radical (unpaired) electrons. The fourth-order valence-electron chi connectivity index (χ4n) is 2.26. The molecule has 0 spiro atoms. The first-order chi connectivity index (χ1) is 11.1. The van der Waals surface area contributed by atoms with E-state index in [1.54, 1.807) is 6.92 Å². The van der Waals surface area contributed by atoms with Crippen LogP contribution in [0, 0.1) is 6.92 Å². The molecular weight excluding hydrogens is 399 g/mol. The van der Waals surface area contributed by atoms with Crippen LogP contribution in [0.3, 0.4) is 0 Å². The van der Waals surface area contributed by atoms with Gasteiger partial charge >= 0.3 is 0 Å². The van der Waals surface area contributed by atoms with Gasteiger partial charge in [0, 0.05) is 11.3 Å². The Labute approximate surface area is 151 Å². The molecule has 0 unspecified atom stereocenters. The molecule has 0 aliphatic rings. The number of aryl methyl sites for hydroxylation is 1. The zero-order valence-electron chi connectivity index (χ0n) is 12.3. The molecular formula is C13H9Cl3N4O3S. The molecule has 1 N–H and O–H groups in total. The number of rotatable bonds is 2. The van der Waals surface area contributed by atoms with Crippen molar-refractivity contribution in [3.05, 3.63) is 43.4 Å². The summed E-state index contributed by atoms with van der Waals surface area (Å²) in [4.78, 5) is 18.9. The second-order valence-electron chi connectivity index (χ2n) is 5.06. The maximum atomic E-state index is 12.2. The van der Waals surface area contributed by atoms with Gasteiger partial charge in [0.25, 0.3) is 5.56 Å². The number of aromatic amines is 1. The minimum atomic E-state index is -3.79. The zero-order valence-corrected chi connectivity index (χ0v) is 15.3. The molecule has 0 bridgehead atoms. The van der Waals surface area contributed by atoms with Gasteiger partial charge in [0.15, 0.2) is 20.5 Å². The van der Waals surface area contributed by atoms with E-state index in [-0.39, 0.29) is 32.6 Å². The Bertz CT molecular complexity index is 1130. The van der Waals surface area contributed by atoms with Gasteiger partial charge in [-0.1, -0.05) is 34.8 Å². The molecule has 0 aliphatic heterocycles. The van der Waals surface area contributed by atoms with Crippen LogP contribution in [0.2, 0.25) is 15.1 Å². The summed E-state index contributed by atoms with van der Waals surface area (Å²) in [5, 5.41) is 4.02. The number of hydrogen-bond acceptors (Lipinski definition) is 5. The lowest BCUT2D eigenvalue weighted by Gasteiger charge is -2.08. The van der Waals surface area contributed by atoms with Gasteiger partial charge in [-0.2, -0.15) is 5.10 Å². The highest BCUT2D eigenvalue weighted by atomic mass is 35.5. The molecule has 0 saturated carbocycles. The molecule has 2 heterocycles. The third-order valence-electron chi connectivity index (χ3n) is 3.17. The topological polar surface area (TPSA) is 97.7 Å². The number of fused-ring (bicyclic) bond motifs is 1. The Kier molecular flexibility index (Phi) is 4.11. The standard InChI is InChI=1S/C13H9Cl3N4O3S/c1-5-17-11-9(12(21)18-5)13(24(2,22)23)19-20(11)10-7(15)3-6(14)4-8(10)16/h3-4H,1-2H3,(H,17,18,21). The number of benzene rings is 1. The van der Waals surface area contributed by atoms with Gasteiger partial charge in [0.05, 0.1) is 10.0 Å². The molecule has 7 nitrogen and oxygen atoms in total. The molecule has 0 amide bonds. The second kappa shape index (κ2) is 5.73. The van der Waals surface area contributed by atoms with Crippen molar-refractivity contribution in [2.24, 2.45) is 0 Å². The summed E-state index contributed by atoms with van der Waals surface area (Å²) < 4.78 is 25.2. The van der Waals surface area contributed by atoms with Crippen molar-refractivity contribution in [1.29, 1.82) is 0 Å². The lowest BCUT2D eigenvalue weighted by atomic mass is 10.3. The number of nitrogens with one attached hydrogen (secondary N) is 1. The van der Waals surface area contributed by atoms with E-state index in [9.17, 15) is 13.2 Å². The van der Waals surface area contributed by atoms with E-state index in [1.165, 1.54) is 12.1 Å². The van der Waals surface area contributed by atoms with E-state index < -0.39 is 20.4 Å². The summed E-state index contributed by atoms with van der Waals surface area (Å²) in [7, 11) is -3.79. The van der Waals surface area contributed by atoms with Crippen LogP contribution in [-0.4, -0.2) is 34.4 Å². The minimum Gasteiger partial charge on any atom is -0.310 e. The van der Waals surface area contributed by atoms with Gasteiger partial charge in [-0.05, 0) is 19.1 Å². The van der Waals surface area contributed by atoms with Crippen molar-refractivity contribution in [1.82, 2.24) is 19.7 Å². The van der Waals surface area contributed by atoms with Gasteiger partial charge in [-0.15, -0.1) is 0 Å². The smallest absolute Gasteiger partial charge is 0.263 e. The van der Waals surface area contributed by atoms with E-state index in [1.807, 2.05) is 0 Å². The van der Waals surface area contributed by atoms with E-state index in [4.69, 9.17) is 34.8 Å². The third kappa shape index (κ3) is 2.79. The van der Waals surface area contributed by atoms with Gasteiger partial charge in [-0.25, -0.2) is 18.1 Å². The largest absolute Gasteiger partial charge is 0.310 e. The van der Waals surface area contributed by atoms with Gasteiger partial charge < -0.3 is 4.98 Å². The molecule has 11 heteroatoms. The van der Waals surface area contributed by atoms with Crippen LogP contribution in [0.4, 0.5) is 0 Å². The highest BCUT2D eigenvalue weighted by molar-refractivity contribution is 7.90. The Morgan fingerprint density at radius 1 is 1.17 bits per heavy atom. The van der Waals surface area contributed by atoms with Crippen molar-refractivity contribution < 1.29 is 8.42 Å². The number of halogens is 3. The van der Waals surface area contributed by atoms with Crippen molar-refractivity contribution in [3.8, 4) is 5.69 Å².